The molecule has 0 saturated carbocycles. The molecule has 1 heterocycles. The van der Waals surface area contributed by atoms with Crippen molar-refractivity contribution in [2.45, 2.75) is 46.2 Å². The molecule has 1 aliphatic rings. The van der Waals surface area contributed by atoms with Crippen LogP contribution in [0.1, 0.15) is 34.1 Å². The average molecular weight is 305 g/mol. The highest BCUT2D eigenvalue weighted by molar-refractivity contribution is 7.91. The SMILES string of the molecule is COC(=O)[C@@H](C)N(C(=O)C(C)(C)C)[C@H]1CCS(=O)(=O)C1. The van der Waals surface area contributed by atoms with Crippen molar-refractivity contribution in [3.63, 3.8) is 0 Å². The Kier molecular flexibility index (Phi) is 4.84. The molecule has 6 nitrogen and oxygen atoms in total. The highest BCUT2D eigenvalue weighted by atomic mass is 32.2. The van der Waals surface area contributed by atoms with Crippen molar-refractivity contribution >= 4 is 21.7 Å². The van der Waals surface area contributed by atoms with Gasteiger partial charge in [-0.05, 0) is 13.3 Å². The Morgan fingerprint density at radius 3 is 2.20 bits per heavy atom. The minimum Gasteiger partial charge on any atom is -0.467 e. The molecule has 0 aromatic carbocycles. The number of amides is 1. The molecule has 116 valence electrons. The van der Waals surface area contributed by atoms with E-state index in [0.29, 0.717) is 6.42 Å². The van der Waals surface area contributed by atoms with E-state index in [9.17, 15) is 18.0 Å². The average Bonchev–Trinajstić information content (AvgIpc) is 2.67. The quantitative estimate of drug-likeness (QED) is 0.714. The summed E-state index contributed by atoms with van der Waals surface area (Å²) in [6, 6.07) is -1.24. The topological polar surface area (TPSA) is 80.8 Å². The maximum atomic E-state index is 12.5. The standard InChI is InChI=1S/C13H23NO5S/c1-9(11(15)19-5)14(12(16)13(2,3)4)10-6-7-20(17,18)8-10/h9-10H,6-8H2,1-5H3/t9-,10+/m1/s1. The summed E-state index contributed by atoms with van der Waals surface area (Å²) in [6.45, 7) is 6.81. The molecule has 0 radical (unpaired) electrons. The van der Waals surface area contributed by atoms with Crippen LogP contribution < -0.4 is 0 Å². The van der Waals surface area contributed by atoms with Gasteiger partial charge in [-0.3, -0.25) is 4.79 Å². The molecule has 2 atom stereocenters. The van der Waals surface area contributed by atoms with Crippen LogP contribution in [0, 0.1) is 5.41 Å². The van der Waals surface area contributed by atoms with Gasteiger partial charge in [0.2, 0.25) is 5.91 Å². The summed E-state index contributed by atoms with van der Waals surface area (Å²) in [5.41, 5.74) is -0.686. The van der Waals surface area contributed by atoms with Crippen LogP contribution in [0.15, 0.2) is 0 Å². The number of rotatable bonds is 3. The summed E-state index contributed by atoms with van der Waals surface area (Å²) in [6.07, 6.45) is 0.367. The van der Waals surface area contributed by atoms with Crippen molar-refractivity contribution in [2.24, 2.45) is 5.41 Å². The number of sulfone groups is 1. The molecule has 0 N–H and O–H groups in total. The van der Waals surface area contributed by atoms with Crippen molar-refractivity contribution in [3.8, 4) is 0 Å². The molecule has 0 spiro atoms. The molecular formula is C13H23NO5S. The minimum absolute atomic E-state index is 0.0550. The lowest BCUT2D eigenvalue weighted by Crippen LogP contribution is -2.53. The highest BCUT2D eigenvalue weighted by Gasteiger charge is 2.42. The van der Waals surface area contributed by atoms with E-state index >= 15 is 0 Å². The Bertz CT molecular complexity index is 491. The molecule has 7 heteroatoms. The Morgan fingerprint density at radius 1 is 1.30 bits per heavy atom. The van der Waals surface area contributed by atoms with Crippen molar-refractivity contribution in [3.05, 3.63) is 0 Å². The number of hydrogen-bond donors (Lipinski definition) is 0. The predicted octanol–water partition coefficient (Wildman–Crippen LogP) is 0.610. The molecule has 1 rings (SSSR count). The Balaban J connectivity index is 3.09. The summed E-state index contributed by atoms with van der Waals surface area (Å²) >= 11 is 0. The molecule has 1 saturated heterocycles. The smallest absolute Gasteiger partial charge is 0.328 e. The first-order valence-corrected chi connectivity index (χ1v) is 8.43. The monoisotopic (exact) mass is 305 g/mol. The minimum atomic E-state index is -3.13. The van der Waals surface area contributed by atoms with Gasteiger partial charge in [-0.25, -0.2) is 13.2 Å². The molecule has 1 aliphatic heterocycles. The van der Waals surface area contributed by atoms with Gasteiger partial charge < -0.3 is 9.64 Å². The van der Waals surface area contributed by atoms with E-state index in [1.54, 1.807) is 27.7 Å². The third-order valence-corrected chi connectivity index (χ3v) is 5.19. The van der Waals surface area contributed by atoms with E-state index in [-0.39, 0.29) is 17.4 Å². The van der Waals surface area contributed by atoms with Gasteiger partial charge in [0.1, 0.15) is 6.04 Å². The zero-order valence-corrected chi connectivity index (χ0v) is 13.5. The van der Waals surface area contributed by atoms with Gasteiger partial charge in [0.25, 0.3) is 0 Å². The van der Waals surface area contributed by atoms with Gasteiger partial charge in [-0.1, -0.05) is 20.8 Å². The third-order valence-electron chi connectivity index (χ3n) is 3.44. The molecule has 1 amide bonds. The normalized spacial score (nSPS) is 23.1. The second kappa shape index (κ2) is 5.71. The summed E-state index contributed by atoms with van der Waals surface area (Å²) in [5.74, 6) is -0.806. The number of carbonyl (C=O) groups is 2. The van der Waals surface area contributed by atoms with Crippen LogP contribution in [0.5, 0.6) is 0 Å². The summed E-state index contributed by atoms with van der Waals surface area (Å²) in [5, 5.41) is 0. The van der Waals surface area contributed by atoms with Crippen molar-refractivity contribution in [1.29, 1.82) is 0 Å². The first kappa shape index (κ1) is 16.9. The largest absolute Gasteiger partial charge is 0.467 e. The maximum Gasteiger partial charge on any atom is 0.328 e. The van der Waals surface area contributed by atoms with Gasteiger partial charge in [0, 0.05) is 11.5 Å². The van der Waals surface area contributed by atoms with E-state index < -0.39 is 33.3 Å². The van der Waals surface area contributed by atoms with E-state index in [1.807, 2.05) is 0 Å². The Labute approximate surface area is 120 Å². The molecule has 0 bridgehead atoms. The lowest BCUT2D eigenvalue weighted by molar-refractivity contribution is -0.157. The fourth-order valence-electron chi connectivity index (χ4n) is 2.32. The third kappa shape index (κ3) is 3.71. The summed E-state index contributed by atoms with van der Waals surface area (Å²) in [4.78, 5) is 25.7. The number of carbonyl (C=O) groups excluding carboxylic acids is 2. The lowest BCUT2D eigenvalue weighted by atomic mass is 9.92. The fourth-order valence-corrected chi connectivity index (χ4v) is 4.04. The van der Waals surface area contributed by atoms with Crippen molar-refractivity contribution < 1.29 is 22.7 Å². The van der Waals surface area contributed by atoms with Gasteiger partial charge >= 0.3 is 5.97 Å². The molecule has 0 aliphatic carbocycles. The summed E-state index contributed by atoms with van der Waals surface area (Å²) in [7, 11) is -1.88. The lowest BCUT2D eigenvalue weighted by Gasteiger charge is -2.36. The van der Waals surface area contributed by atoms with Crippen molar-refractivity contribution in [2.75, 3.05) is 18.6 Å². The van der Waals surface area contributed by atoms with Gasteiger partial charge in [-0.15, -0.1) is 0 Å². The number of ether oxygens (including phenoxy) is 1. The zero-order chi connectivity index (χ0) is 15.7. The Morgan fingerprint density at radius 2 is 1.85 bits per heavy atom. The fraction of sp³-hybridized carbons (Fsp3) is 0.846. The molecule has 1 fully saturated rings. The van der Waals surface area contributed by atoms with Gasteiger partial charge in [0.15, 0.2) is 9.84 Å². The van der Waals surface area contributed by atoms with Crippen LogP contribution >= 0.6 is 0 Å². The first-order valence-electron chi connectivity index (χ1n) is 6.60. The number of esters is 1. The van der Waals surface area contributed by atoms with E-state index in [1.165, 1.54) is 12.0 Å². The number of hydrogen-bond acceptors (Lipinski definition) is 5. The van der Waals surface area contributed by atoms with Crippen LogP contribution in [0.2, 0.25) is 0 Å². The van der Waals surface area contributed by atoms with E-state index in [0.717, 1.165) is 0 Å². The number of nitrogens with zero attached hydrogens (tertiary/aromatic N) is 1. The van der Waals surface area contributed by atoms with Crippen molar-refractivity contribution in [1.82, 2.24) is 4.90 Å². The second-order valence-corrected chi connectivity index (χ2v) is 8.45. The first-order chi connectivity index (χ1) is 8.99. The Hall–Kier alpha value is -1.11. The van der Waals surface area contributed by atoms with Crippen LogP contribution in [0.4, 0.5) is 0 Å². The second-order valence-electron chi connectivity index (χ2n) is 6.22. The maximum absolute atomic E-state index is 12.5. The van der Waals surface area contributed by atoms with Gasteiger partial charge in [-0.2, -0.15) is 0 Å². The van der Waals surface area contributed by atoms with Crippen LogP contribution in [-0.2, 0) is 24.2 Å². The zero-order valence-electron chi connectivity index (χ0n) is 12.7. The number of methoxy groups -OCH3 is 1. The predicted molar refractivity (Wildman–Crippen MR) is 74.8 cm³/mol. The van der Waals surface area contributed by atoms with Crippen LogP contribution in [-0.4, -0.2) is 55.9 Å². The molecule has 0 aromatic heterocycles. The molecular weight excluding hydrogens is 282 g/mol. The van der Waals surface area contributed by atoms with Crippen LogP contribution in [0.3, 0.4) is 0 Å². The van der Waals surface area contributed by atoms with E-state index in [4.69, 9.17) is 0 Å². The summed E-state index contributed by atoms with van der Waals surface area (Å²) < 4.78 is 27.9. The molecule has 0 unspecified atom stereocenters. The van der Waals surface area contributed by atoms with E-state index in [2.05, 4.69) is 4.74 Å². The van der Waals surface area contributed by atoms with Gasteiger partial charge in [0.05, 0.1) is 18.6 Å². The van der Waals surface area contributed by atoms with Crippen LogP contribution in [0.25, 0.3) is 0 Å². The molecule has 20 heavy (non-hydrogen) atoms. The highest BCUT2D eigenvalue weighted by Crippen LogP contribution is 2.26. The molecule has 0 aromatic rings.